The van der Waals surface area contributed by atoms with Gasteiger partial charge in [-0.1, -0.05) is 6.07 Å². The van der Waals surface area contributed by atoms with E-state index in [9.17, 15) is 14.9 Å². The summed E-state index contributed by atoms with van der Waals surface area (Å²) in [6.45, 7) is 1.64. The summed E-state index contributed by atoms with van der Waals surface area (Å²) in [7, 11) is 0. The van der Waals surface area contributed by atoms with E-state index in [2.05, 4.69) is 5.32 Å². The smallest absolute Gasteiger partial charge is 0.273 e. The molecule has 5 nitrogen and oxygen atoms in total. The lowest BCUT2D eigenvalue weighted by atomic mass is 10.1. The maximum absolute atomic E-state index is 12.1. The fourth-order valence-corrected chi connectivity index (χ4v) is 2.23. The van der Waals surface area contributed by atoms with Crippen molar-refractivity contribution < 1.29 is 9.72 Å². The van der Waals surface area contributed by atoms with Gasteiger partial charge in [0.2, 0.25) is 0 Å². The van der Waals surface area contributed by atoms with Gasteiger partial charge in [-0.05, 0) is 43.5 Å². The van der Waals surface area contributed by atoms with E-state index in [0.29, 0.717) is 11.3 Å². The van der Waals surface area contributed by atoms with Gasteiger partial charge in [0.1, 0.15) is 0 Å². The molecule has 0 fully saturated rings. The Morgan fingerprint density at radius 3 is 2.43 bits per heavy atom. The Bertz CT molecular complexity index is 684. The fourth-order valence-electron chi connectivity index (χ4n) is 1.82. The summed E-state index contributed by atoms with van der Waals surface area (Å²) in [5.74, 6) is -0.366. The van der Waals surface area contributed by atoms with E-state index < -0.39 is 4.92 Å². The highest BCUT2D eigenvalue weighted by molar-refractivity contribution is 7.98. The summed E-state index contributed by atoms with van der Waals surface area (Å²) in [5, 5.41) is 13.6. The van der Waals surface area contributed by atoms with Gasteiger partial charge in [-0.15, -0.1) is 11.8 Å². The van der Waals surface area contributed by atoms with Crippen LogP contribution in [0, 0.1) is 17.0 Å². The zero-order valence-corrected chi connectivity index (χ0v) is 12.4. The lowest BCUT2D eigenvalue weighted by Crippen LogP contribution is -2.12. The molecule has 6 heteroatoms. The maximum Gasteiger partial charge on any atom is 0.273 e. The zero-order chi connectivity index (χ0) is 15.4. The Balaban J connectivity index is 2.19. The third-order valence-electron chi connectivity index (χ3n) is 3.02. The third kappa shape index (κ3) is 3.61. The largest absolute Gasteiger partial charge is 0.322 e. The van der Waals surface area contributed by atoms with Crippen LogP contribution in [0.5, 0.6) is 0 Å². The average molecular weight is 302 g/mol. The first-order valence-corrected chi connectivity index (χ1v) is 7.44. The number of thioether (sulfide) groups is 1. The number of aryl methyl sites for hydroxylation is 1. The molecule has 0 atom stereocenters. The average Bonchev–Trinajstić information content (AvgIpc) is 2.48. The summed E-state index contributed by atoms with van der Waals surface area (Å²) >= 11 is 1.61. The van der Waals surface area contributed by atoms with Gasteiger partial charge in [0.15, 0.2) is 0 Å². The van der Waals surface area contributed by atoms with Gasteiger partial charge < -0.3 is 5.32 Å². The number of rotatable bonds is 4. The van der Waals surface area contributed by atoms with Gasteiger partial charge in [0.05, 0.1) is 4.92 Å². The first-order valence-electron chi connectivity index (χ1n) is 6.21. The lowest BCUT2D eigenvalue weighted by Gasteiger charge is -2.06. The van der Waals surface area contributed by atoms with E-state index in [1.165, 1.54) is 6.07 Å². The predicted octanol–water partition coefficient (Wildman–Crippen LogP) is 3.88. The molecule has 0 radical (unpaired) electrons. The molecule has 0 spiro atoms. The van der Waals surface area contributed by atoms with Crippen molar-refractivity contribution >= 4 is 29.0 Å². The van der Waals surface area contributed by atoms with Crippen LogP contribution in [-0.4, -0.2) is 17.1 Å². The molecular formula is C15H14N2O3S. The summed E-state index contributed by atoms with van der Waals surface area (Å²) in [4.78, 5) is 23.6. The topological polar surface area (TPSA) is 72.2 Å². The standard InChI is InChI=1S/C15H14N2O3S/c1-10-3-4-11(9-14(10)17(19)20)15(18)16-12-5-7-13(21-2)8-6-12/h3-9H,1-2H3,(H,16,18). The van der Waals surface area contributed by atoms with Gasteiger partial charge in [-0.2, -0.15) is 0 Å². The quantitative estimate of drug-likeness (QED) is 0.528. The Labute approximate surface area is 126 Å². The summed E-state index contributed by atoms with van der Waals surface area (Å²) in [6.07, 6.45) is 1.97. The normalized spacial score (nSPS) is 10.2. The van der Waals surface area contributed by atoms with Crippen LogP contribution in [0.15, 0.2) is 47.4 Å². The van der Waals surface area contributed by atoms with Crippen LogP contribution in [0.4, 0.5) is 11.4 Å². The molecule has 2 aromatic carbocycles. The second kappa shape index (κ2) is 6.41. The first kappa shape index (κ1) is 15.1. The molecule has 108 valence electrons. The van der Waals surface area contributed by atoms with Crippen molar-refractivity contribution in [2.45, 2.75) is 11.8 Å². The monoisotopic (exact) mass is 302 g/mol. The number of carbonyl (C=O) groups excluding carboxylic acids is 1. The van der Waals surface area contributed by atoms with E-state index in [1.807, 2.05) is 18.4 Å². The second-order valence-corrected chi connectivity index (χ2v) is 5.32. The summed E-state index contributed by atoms with van der Waals surface area (Å²) in [6, 6.07) is 11.8. The van der Waals surface area contributed by atoms with Crippen molar-refractivity contribution in [1.29, 1.82) is 0 Å². The second-order valence-electron chi connectivity index (χ2n) is 4.44. The van der Waals surface area contributed by atoms with Crippen molar-refractivity contribution in [3.8, 4) is 0 Å². The van der Waals surface area contributed by atoms with Crippen molar-refractivity contribution in [3.63, 3.8) is 0 Å². The highest BCUT2D eigenvalue weighted by Crippen LogP contribution is 2.21. The Kier molecular flexibility index (Phi) is 4.59. The number of nitrogens with zero attached hydrogens (tertiary/aromatic N) is 1. The highest BCUT2D eigenvalue weighted by Gasteiger charge is 2.15. The molecule has 0 aromatic heterocycles. The molecule has 0 saturated carbocycles. The van der Waals surface area contributed by atoms with Crippen LogP contribution in [0.2, 0.25) is 0 Å². The van der Waals surface area contributed by atoms with Crippen LogP contribution in [-0.2, 0) is 0 Å². The number of nitrogens with one attached hydrogen (secondary N) is 1. The van der Waals surface area contributed by atoms with Gasteiger partial charge in [0, 0.05) is 27.8 Å². The number of carbonyl (C=O) groups is 1. The number of nitro benzene ring substituents is 1. The predicted molar refractivity (Wildman–Crippen MR) is 84.0 cm³/mol. The minimum Gasteiger partial charge on any atom is -0.322 e. The number of hydrogen-bond acceptors (Lipinski definition) is 4. The Hall–Kier alpha value is -2.34. The Morgan fingerprint density at radius 1 is 1.19 bits per heavy atom. The van der Waals surface area contributed by atoms with Gasteiger partial charge >= 0.3 is 0 Å². The van der Waals surface area contributed by atoms with Crippen molar-refractivity contribution in [1.82, 2.24) is 0 Å². The number of amides is 1. The van der Waals surface area contributed by atoms with Crippen molar-refractivity contribution in [2.24, 2.45) is 0 Å². The fraction of sp³-hybridized carbons (Fsp3) is 0.133. The van der Waals surface area contributed by atoms with Crippen LogP contribution in [0.25, 0.3) is 0 Å². The molecule has 1 N–H and O–H groups in total. The molecule has 0 unspecified atom stereocenters. The van der Waals surface area contributed by atoms with E-state index in [-0.39, 0.29) is 17.2 Å². The molecule has 0 heterocycles. The molecule has 2 aromatic rings. The summed E-state index contributed by atoms with van der Waals surface area (Å²) in [5.41, 5.74) is 1.39. The molecule has 1 amide bonds. The first-order chi connectivity index (χ1) is 10.0. The molecule has 0 bridgehead atoms. The molecule has 0 aliphatic heterocycles. The molecule has 21 heavy (non-hydrogen) atoms. The minimum absolute atomic E-state index is 0.0552. The van der Waals surface area contributed by atoms with E-state index in [4.69, 9.17) is 0 Å². The van der Waals surface area contributed by atoms with Gasteiger partial charge in [0.25, 0.3) is 11.6 Å². The molecule has 0 aliphatic carbocycles. The molecular weight excluding hydrogens is 288 g/mol. The number of nitro groups is 1. The minimum atomic E-state index is -0.487. The zero-order valence-electron chi connectivity index (χ0n) is 11.6. The molecule has 0 saturated heterocycles. The third-order valence-corrected chi connectivity index (χ3v) is 3.76. The summed E-state index contributed by atoms with van der Waals surface area (Å²) < 4.78 is 0. The highest BCUT2D eigenvalue weighted by atomic mass is 32.2. The van der Waals surface area contributed by atoms with E-state index in [0.717, 1.165) is 4.90 Å². The molecule has 2 rings (SSSR count). The number of hydrogen-bond donors (Lipinski definition) is 1. The maximum atomic E-state index is 12.1. The van der Waals surface area contributed by atoms with Crippen LogP contribution in [0.1, 0.15) is 15.9 Å². The van der Waals surface area contributed by atoms with E-state index >= 15 is 0 Å². The van der Waals surface area contributed by atoms with Gasteiger partial charge in [-0.25, -0.2) is 0 Å². The van der Waals surface area contributed by atoms with Gasteiger partial charge in [-0.3, -0.25) is 14.9 Å². The Morgan fingerprint density at radius 2 is 1.86 bits per heavy atom. The van der Waals surface area contributed by atoms with Crippen LogP contribution in [0.3, 0.4) is 0 Å². The van der Waals surface area contributed by atoms with Crippen molar-refractivity contribution in [3.05, 3.63) is 63.7 Å². The van der Waals surface area contributed by atoms with Crippen LogP contribution >= 0.6 is 11.8 Å². The molecule has 0 aliphatic rings. The van der Waals surface area contributed by atoms with Crippen molar-refractivity contribution in [2.75, 3.05) is 11.6 Å². The SMILES string of the molecule is CSc1ccc(NC(=O)c2ccc(C)c([N+](=O)[O-])c2)cc1. The van der Waals surface area contributed by atoms with E-state index in [1.54, 1.807) is 43.0 Å². The van der Waals surface area contributed by atoms with Crippen LogP contribution < -0.4 is 5.32 Å². The number of benzene rings is 2. The number of anilines is 1. The lowest BCUT2D eigenvalue weighted by molar-refractivity contribution is -0.385.